The van der Waals surface area contributed by atoms with Gasteiger partial charge in [-0.3, -0.25) is 4.99 Å². The van der Waals surface area contributed by atoms with Crippen molar-refractivity contribution in [1.82, 2.24) is 10.2 Å². The molecule has 0 bridgehead atoms. The first-order valence-corrected chi connectivity index (χ1v) is 10.1. The van der Waals surface area contributed by atoms with Gasteiger partial charge in [-0.05, 0) is 31.2 Å². The van der Waals surface area contributed by atoms with Gasteiger partial charge in [0.2, 0.25) is 0 Å². The average Bonchev–Trinajstić information content (AvgIpc) is 3.06. The summed E-state index contributed by atoms with van der Waals surface area (Å²) in [5.41, 5.74) is 0.00160. The van der Waals surface area contributed by atoms with Crippen LogP contribution in [0, 0.1) is 5.82 Å². The molecular weight excluding hydrogens is 466 g/mol. The third-order valence-corrected chi connectivity index (χ3v) is 5.95. The summed E-state index contributed by atoms with van der Waals surface area (Å²) >= 11 is 1.79. The van der Waals surface area contributed by atoms with E-state index in [0.29, 0.717) is 12.2 Å². The van der Waals surface area contributed by atoms with E-state index in [1.165, 1.54) is 6.07 Å². The Kier molecular flexibility index (Phi) is 8.28. The molecular formula is C18H28FIN4OS. The maximum absolute atomic E-state index is 14.0. The van der Waals surface area contributed by atoms with Crippen molar-refractivity contribution in [3.8, 4) is 0 Å². The second kappa shape index (κ2) is 9.98. The number of aliphatic hydroxyl groups is 1. The Bertz CT molecular complexity index is 605. The molecule has 2 N–H and O–H groups in total. The fourth-order valence-corrected chi connectivity index (χ4v) is 4.52. The van der Waals surface area contributed by atoms with Crippen LogP contribution in [-0.4, -0.2) is 72.3 Å². The van der Waals surface area contributed by atoms with Gasteiger partial charge in [0.25, 0.3) is 0 Å². The number of aliphatic imine (C=N–C) groups is 1. The van der Waals surface area contributed by atoms with Crippen molar-refractivity contribution in [2.45, 2.75) is 18.9 Å². The van der Waals surface area contributed by atoms with Gasteiger partial charge < -0.3 is 20.2 Å². The lowest BCUT2D eigenvalue weighted by molar-refractivity contribution is 0.0775. The summed E-state index contributed by atoms with van der Waals surface area (Å²) in [6, 6.07) is 6.93. The number of halogens is 2. The molecule has 26 heavy (non-hydrogen) atoms. The van der Waals surface area contributed by atoms with Gasteiger partial charge in [-0.25, -0.2) is 4.39 Å². The van der Waals surface area contributed by atoms with Crippen LogP contribution in [0.3, 0.4) is 0 Å². The lowest BCUT2D eigenvalue weighted by atomic mass is 10.0. The van der Waals surface area contributed by atoms with Gasteiger partial charge in [0, 0.05) is 38.5 Å². The van der Waals surface area contributed by atoms with Crippen LogP contribution in [0.15, 0.2) is 29.3 Å². The van der Waals surface area contributed by atoms with E-state index in [4.69, 9.17) is 0 Å². The Morgan fingerprint density at radius 2 is 2.04 bits per heavy atom. The number of nitrogens with zero attached hydrogens (tertiary/aromatic N) is 3. The summed E-state index contributed by atoms with van der Waals surface area (Å²) in [6.07, 6.45) is 0.807. The highest BCUT2D eigenvalue weighted by atomic mass is 127. The molecule has 2 fully saturated rings. The van der Waals surface area contributed by atoms with Crippen molar-refractivity contribution in [2.75, 3.05) is 55.7 Å². The van der Waals surface area contributed by atoms with E-state index in [2.05, 4.69) is 20.1 Å². The molecule has 0 radical (unpaired) electrons. The zero-order valence-corrected chi connectivity index (χ0v) is 18.3. The Labute approximate surface area is 176 Å². The van der Waals surface area contributed by atoms with E-state index in [1.54, 1.807) is 17.8 Å². The second-order valence-corrected chi connectivity index (χ2v) is 7.73. The third-order valence-electron chi connectivity index (χ3n) is 4.71. The number of thioether (sulfide) groups is 1. The lowest BCUT2D eigenvalue weighted by Crippen LogP contribution is -2.53. The van der Waals surface area contributed by atoms with Crippen molar-refractivity contribution in [3.63, 3.8) is 0 Å². The molecule has 0 amide bonds. The Morgan fingerprint density at radius 1 is 1.31 bits per heavy atom. The van der Waals surface area contributed by atoms with Gasteiger partial charge in [0.1, 0.15) is 5.82 Å². The molecule has 1 unspecified atom stereocenters. The van der Waals surface area contributed by atoms with Gasteiger partial charge in [0.15, 0.2) is 5.96 Å². The second-order valence-electron chi connectivity index (χ2n) is 6.62. The van der Waals surface area contributed by atoms with E-state index in [1.807, 2.05) is 19.1 Å². The lowest BCUT2D eigenvalue weighted by Gasteiger charge is -2.38. The smallest absolute Gasteiger partial charge is 0.194 e. The molecule has 5 nitrogen and oxygen atoms in total. The monoisotopic (exact) mass is 494 g/mol. The van der Waals surface area contributed by atoms with Gasteiger partial charge in [-0.15, -0.1) is 24.0 Å². The van der Waals surface area contributed by atoms with Gasteiger partial charge in [0.05, 0.1) is 17.8 Å². The van der Waals surface area contributed by atoms with E-state index in [9.17, 15) is 9.50 Å². The molecule has 2 heterocycles. The van der Waals surface area contributed by atoms with Crippen LogP contribution in [0.25, 0.3) is 0 Å². The van der Waals surface area contributed by atoms with Crippen molar-refractivity contribution in [2.24, 2.45) is 4.99 Å². The summed E-state index contributed by atoms with van der Waals surface area (Å²) in [6.45, 7) is 6.36. The summed E-state index contributed by atoms with van der Waals surface area (Å²) in [5, 5.41) is 13.8. The number of anilines is 1. The molecule has 1 aromatic carbocycles. The summed E-state index contributed by atoms with van der Waals surface area (Å²) in [7, 11) is 0. The number of nitrogens with one attached hydrogen (secondary N) is 1. The van der Waals surface area contributed by atoms with Crippen LogP contribution >= 0.6 is 35.7 Å². The molecule has 0 aliphatic carbocycles. The van der Waals surface area contributed by atoms with E-state index >= 15 is 0 Å². The zero-order chi connectivity index (χ0) is 17.7. The minimum absolute atomic E-state index is 0. The fourth-order valence-electron chi connectivity index (χ4n) is 3.24. The standard InChI is InChI=1S/C18H27FN4OS.HI/c1-2-20-17(21-13-18(24)7-12-25-14-18)23-10-8-22(9-11-23)16-6-4-3-5-15(16)19;/h3-6,24H,2,7-14H2,1H3,(H,20,21);1H. The number of hydrogen-bond acceptors (Lipinski definition) is 4. The molecule has 1 atom stereocenters. The number of benzene rings is 1. The number of rotatable bonds is 4. The first kappa shape index (κ1) is 21.6. The van der Waals surface area contributed by atoms with Gasteiger partial charge in [-0.1, -0.05) is 12.1 Å². The van der Waals surface area contributed by atoms with Gasteiger partial charge in [-0.2, -0.15) is 11.8 Å². The molecule has 2 aliphatic heterocycles. The van der Waals surface area contributed by atoms with Crippen LogP contribution in [0.2, 0.25) is 0 Å². The topological polar surface area (TPSA) is 51.1 Å². The fraction of sp³-hybridized carbons (Fsp3) is 0.611. The maximum Gasteiger partial charge on any atom is 0.194 e. The van der Waals surface area contributed by atoms with Crippen LogP contribution in [0.5, 0.6) is 0 Å². The van der Waals surface area contributed by atoms with Crippen LogP contribution in [-0.2, 0) is 0 Å². The van der Waals surface area contributed by atoms with E-state index < -0.39 is 5.60 Å². The first-order chi connectivity index (χ1) is 12.1. The number of hydrogen-bond donors (Lipinski definition) is 2. The maximum atomic E-state index is 14.0. The Hall–Kier alpha value is -0.740. The molecule has 146 valence electrons. The highest BCUT2D eigenvalue weighted by Crippen LogP contribution is 2.28. The molecule has 8 heteroatoms. The predicted octanol–water partition coefficient (Wildman–Crippen LogP) is 2.40. The minimum Gasteiger partial charge on any atom is -0.387 e. The molecule has 2 aliphatic rings. The number of para-hydroxylation sites is 1. The average molecular weight is 494 g/mol. The van der Waals surface area contributed by atoms with Crippen LogP contribution in [0.1, 0.15) is 13.3 Å². The minimum atomic E-state index is -0.666. The molecule has 0 saturated carbocycles. The van der Waals surface area contributed by atoms with E-state index in [-0.39, 0.29) is 29.8 Å². The Morgan fingerprint density at radius 3 is 2.65 bits per heavy atom. The largest absolute Gasteiger partial charge is 0.387 e. The molecule has 1 aromatic rings. The SMILES string of the molecule is CCNC(=NCC1(O)CCSC1)N1CCN(c2ccccc2F)CC1.I. The normalized spacial score (nSPS) is 23.7. The highest BCUT2D eigenvalue weighted by molar-refractivity contribution is 14.0. The van der Waals surface area contributed by atoms with E-state index in [0.717, 1.165) is 56.6 Å². The Balaban J connectivity index is 0.00000243. The summed E-state index contributed by atoms with van der Waals surface area (Å²) in [5.74, 6) is 2.44. The first-order valence-electron chi connectivity index (χ1n) is 8.94. The van der Waals surface area contributed by atoms with Crippen molar-refractivity contribution in [1.29, 1.82) is 0 Å². The number of piperazine rings is 1. The van der Waals surface area contributed by atoms with Crippen LogP contribution < -0.4 is 10.2 Å². The third kappa shape index (κ3) is 5.39. The summed E-state index contributed by atoms with van der Waals surface area (Å²) < 4.78 is 14.0. The predicted molar refractivity (Wildman–Crippen MR) is 118 cm³/mol. The molecule has 0 aromatic heterocycles. The van der Waals surface area contributed by atoms with Gasteiger partial charge >= 0.3 is 0 Å². The molecule has 2 saturated heterocycles. The quantitative estimate of drug-likeness (QED) is 0.383. The summed E-state index contributed by atoms with van der Waals surface area (Å²) in [4.78, 5) is 8.96. The zero-order valence-electron chi connectivity index (χ0n) is 15.2. The molecule has 0 spiro atoms. The highest BCUT2D eigenvalue weighted by Gasteiger charge is 2.32. The van der Waals surface area contributed by atoms with Crippen molar-refractivity contribution >= 4 is 47.4 Å². The van der Waals surface area contributed by atoms with Crippen molar-refractivity contribution < 1.29 is 9.50 Å². The van der Waals surface area contributed by atoms with Crippen LogP contribution in [0.4, 0.5) is 10.1 Å². The number of guanidine groups is 1. The molecule has 3 rings (SSSR count). The van der Waals surface area contributed by atoms with Crippen molar-refractivity contribution in [3.05, 3.63) is 30.1 Å².